The Kier molecular flexibility index (Phi) is 2.97. The predicted molar refractivity (Wildman–Crippen MR) is 69.7 cm³/mol. The number of nitriles is 1. The Labute approximate surface area is 108 Å². The van der Waals surface area contributed by atoms with Crippen molar-refractivity contribution in [1.29, 1.82) is 5.26 Å². The van der Waals surface area contributed by atoms with Crippen LogP contribution in [0.5, 0.6) is 5.75 Å². The van der Waals surface area contributed by atoms with Crippen LogP contribution < -0.4 is 10.1 Å². The van der Waals surface area contributed by atoms with Crippen molar-refractivity contribution in [2.24, 2.45) is 0 Å². The molecule has 1 aliphatic carbocycles. The zero-order valence-electron chi connectivity index (χ0n) is 10.8. The number of fused-ring (bicyclic) bond motifs is 1. The fourth-order valence-corrected chi connectivity index (χ4v) is 3.36. The molecule has 0 spiro atoms. The molecule has 3 rings (SSSR count). The molecule has 0 radical (unpaired) electrons. The second kappa shape index (κ2) is 4.62. The maximum atomic E-state index is 9.30. The minimum Gasteiger partial charge on any atom is -0.495 e. The largest absolute Gasteiger partial charge is 0.495 e. The molecule has 0 unspecified atom stereocenters. The van der Waals surface area contributed by atoms with Gasteiger partial charge in [-0.3, -0.25) is 0 Å². The van der Waals surface area contributed by atoms with E-state index in [9.17, 15) is 5.26 Å². The summed E-state index contributed by atoms with van der Waals surface area (Å²) in [5, 5.41) is 12.8. The van der Waals surface area contributed by atoms with Crippen LogP contribution in [0.15, 0.2) is 6.07 Å². The zero-order chi connectivity index (χ0) is 12.5. The normalized spacial score (nSPS) is 21.7. The minimum atomic E-state index is 0.440. The molecule has 1 aromatic rings. The number of nitrogens with zero attached hydrogens (tertiary/aromatic N) is 1. The third-order valence-corrected chi connectivity index (χ3v) is 4.15. The van der Waals surface area contributed by atoms with Gasteiger partial charge in [0.05, 0.1) is 12.7 Å². The fourth-order valence-electron chi connectivity index (χ4n) is 3.36. The fraction of sp³-hybridized carbons (Fsp3) is 0.533. The number of rotatable bonds is 2. The summed E-state index contributed by atoms with van der Waals surface area (Å²) in [4.78, 5) is 0. The third-order valence-electron chi connectivity index (χ3n) is 4.15. The smallest absolute Gasteiger partial charge is 0.140 e. The van der Waals surface area contributed by atoms with Crippen LogP contribution >= 0.6 is 0 Å². The molecule has 18 heavy (non-hydrogen) atoms. The average Bonchev–Trinajstić information content (AvgIpc) is 3.07. The van der Waals surface area contributed by atoms with Crippen LogP contribution in [0.4, 0.5) is 0 Å². The van der Waals surface area contributed by atoms with Crippen molar-refractivity contribution in [3.8, 4) is 11.8 Å². The minimum absolute atomic E-state index is 0.440. The molecule has 1 saturated heterocycles. The molecule has 0 amide bonds. The maximum Gasteiger partial charge on any atom is 0.140 e. The molecule has 2 aliphatic rings. The van der Waals surface area contributed by atoms with Gasteiger partial charge in [0.1, 0.15) is 11.8 Å². The van der Waals surface area contributed by atoms with E-state index in [-0.39, 0.29) is 0 Å². The molecule has 3 nitrogen and oxygen atoms in total. The highest BCUT2D eigenvalue weighted by Crippen LogP contribution is 2.39. The summed E-state index contributed by atoms with van der Waals surface area (Å²) in [6.07, 6.45) is 5.77. The molecular formula is C15H18N2O. The van der Waals surface area contributed by atoms with Crippen LogP contribution in [0.2, 0.25) is 0 Å². The lowest BCUT2D eigenvalue weighted by Crippen LogP contribution is -2.15. The van der Waals surface area contributed by atoms with Crippen LogP contribution in [0, 0.1) is 11.3 Å². The van der Waals surface area contributed by atoms with E-state index < -0.39 is 0 Å². The highest BCUT2D eigenvalue weighted by molar-refractivity contribution is 5.57. The van der Waals surface area contributed by atoms with Gasteiger partial charge < -0.3 is 10.1 Å². The summed E-state index contributed by atoms with van der Waals surface area (Å²) in [5.74, 6) is 0.812. The lowest BCUT2D eigenvalue weighted by molar-refractivity contribution is 0.408. The number of hydrogen-bond acceptors (Lipinski definition) is 3. The molecule has 1 N–H and O–H groups in total. The molecule has 94 valence electrons. The Hall–Kier alpha value is -1.53. The molecular weight excluding hydrogens is 224 g/mol. The quantitative estimate of drug-likeness (QED) is 0.866. The standard InChI is InChI=1S/C15H18N2O/c1-18-15-10(9-16)8-13(14-6-3-7-17-14)11-4-2-5-12(11)15/h8,14,17H,2-7H2,1H3/t14-/m1/s1. The molecule has 1 aromatic carbocycles. The summed E-state index contributed by atoms with van der Waals surface area (Å²) < 4.78 is 5.45. The van der Waals surface area contributed by atoms with Gasteiger partial charge >= 0.3 is 0 Å². The van der Waals surface area contributed by atoms with Crippen LogP contribution in [0.1, 0.15) is 47.6 Å². The number of nitrogens with one attached hydrogen (secondary N) is 1. The van der Waals surface area contributed by atoms with Gasteiger partial charge in [0.2, 0.25) is 0 Å². The van der Waals surface area contributed by atoms with Crippen molar-refractivity contribution >= 4 is 0 Å². The van der Waals surface area contributed by atoms with Gasteiger partial charge in [0, 0.05) is 6.04 Å². The maximum absolute atomic E-state index is 9.30. The highest BCUT2D eigenvalue weighted by atomic mass is 16.5. The molecule has 0 bridgehead atoms. The van der Waals surface area contributed by atoms with Gasteiger partial charge in [-0.05, 0) is 61.4 Å². The Morgan fingerprint density at radius 2 is 2.17 bits per heavy atom. The molecule has 0 aromatic heterocycles. The second-order valence-electron chi connectivity index (χ2n) is 5.12. The van der Waals surface area contributed by atoms with Crippen LogP contribution in [0.25, 0.3) is 0 Å². The van der Waals surface area contributed by atoms with Gasteiger partial charge in [-0.15, -0.1) is 0 Å². The Bertz CT molecular complexity index is 510. The van der Waals surface area contributed by atoms with E-state index >= 15 is 0 Å². The van der Waals surface area contributed by atoms with Crippen LogP contribution in [-0.4, -0.2) is 13.7 Å². The molecule has 1 fully saturated rings. The number of methoxy groups -OCH3 is 1. The molecule has 1 heterocycles. The molecule has 3 heteroatoms. The lowest BCUT2D eigenvalue weighted by Gasteiger charge is -2.18. The van der Waals surface area contributed by atoms with Crippen LogP contribution in [0.3, 0.4) is 0 Å². The molecule has 0 saturated carbocycles. The average molecular weight is 242 g/mol. The summed E-state index contributed by atoms with van der Waals surface area (Å²) in [6, 6.07) is 4.77. The lowest BCUT2D eigenvalue weighted by atomic mass is 9.93. The van der Waals surface area contributed by atoms with Crippen molar-refractivity contribution in [2.75, 3.05) is 13.7 Å². The highest BCUT2D eigenvalue weighted by Gasteiger charge is 2.27. The summed E-state index contributed by atoms with van der Waals surface area (Å²) >= 11 is 0. The van der Waals surface area contributed by atoms with E-state index in [1.54, 1.807) is 7.11 Å². The first-order chi connectivity index (χ1) is 8.85. The second-order valence-corrected chi connectivity index (χ2v) is 5.12. The van der Waals surface area contributed by atoms with Crippen molar-refractivity contribution in [1.82, 2.24) is 5.32 Å². The van der Waals surface area contributed by atoms with Gasteiger partial charge in [0.25, 0.3) is 0 Å². The van der Waals surface area contributed by atoms with Gasteiger partial charge in [-0.1, -0.05) is 0 Å². The number of benzene rings is 1. The van der Waals surface area contributed by atoms with Crippen LogP contribution in [-0.2, 0) is 12.8 Å². The topological polar surface area (TPSA) is 45.0 Å². The first kappa shape index (κ1) is 11.6. The first-order valence-electron chi connectivity index (χ1n) is 6.71. The van der Waals surface area contributed by atoms with E-state index in [0.29, 0.717) is 11.6 Å². The van der Waals surface area contributed by atoms with Crippen molar-refractivity contribution in [3.05, 3.63) is 28.3 Å². The summed E-state index contributed by atoms with van der Waals surface area (Å²) in [7, 11) is 1.67. The molecule has 1 atom stereocenters. The first-order valence-corrected chi connectivity index (χ1v) is 6.71. The van der Waals surface area contributed by atoms with Gasteiger partial charge in [-0.25, -0.2) is 0 Å². The number of hydrogen-bond donors (Lipinski definition) is 1. The number of ether oxygens (including phenoxy) is 1. The Morgan fingerprint density at radius 3 is 2.83 bits per heavy atom. The molecule has 1 aliphatic heterocycles. The van der Waals surface area contributed by atoms with E-state index in [1.165, 1.54) is 36.0 Å². The van der Waals surface area contributed by atoms with E-state index in [1.807, 2.05) is 6.07 Å². The summed E-state index contributed by atoms with van der Waals surface area (Å²) in [5.41, 5.74) is 4.75. The zero-order valence-corrected chi connectivity index (χ0v) is 10.8. The Balaban J connectivity index is 2.15. The van der Waals surface area contributed by atoms with Crippen molar-refractivity contribution < 1.29 is 4.74 Å². The monoisotopic (exact) mass is 242 g/mol. The van der Waals surface area contributed by atoms with Crippen molar-refractivity contribution in [3.63, 3.8) is 0 Å². The van der Waals surface area contributed by atoms with Crippen molar-refractivity contribution in [2.45, 2.75) is 38.1 Å². The van der Waals surface area contributed by atoms with Gasteiger partial charge in [0.15, 0.2) is 0 Å². The van der Waals surface area contributed by atoms with Gasteiger partial charge in [-0.2, -0.15) is 5.26 Å². The van der Waals surface area contributed by atoms with E-state index in [4.69, 9.17) is 4.74 Å². The Morgan fingerprint density at radius 1 is 1.33 bits per heavy atom. The SMILES string of the molecule is COc1c(C#N)cc([C@H]2CCCN2)c2c1CCC2. The van der Waals surface area contributed by atoms with E-state index in [0.717, 1.165) is 25.1 Å². The predicted octanol–water partition coefficient (Wildman–Crippen LogP) is 2.48. The summed E-state index contributed by atoms with van der Waals surface area (Å²) in [6.45, 7) is 1.09. The third kappa shape index (κ3) is 1.69. The van der Waals surface area contributed by atoms with E-state index in [2.05, 4.69) is 11.4 Å².